The average Bonchev–Trinajstić information content (AvgIpc) is 3.06. The SMILES string of the molecule is CC(C)(C)C(CCCCCCCCCCCCCCCCCC(=O)O)C(=O)O.O=C(O)CCCCCCCCCCCCCCCCCCC(=O)O. The van der Waals surface area contributed by atoms with Crippen molar-refractivity contribution in [3.63, 3.8) is 0 Å². The Hall–Kier alpha value is -2.12. The number of carboxylic acids is 4. The minimum atomic E-state index is -0.674. The maximum Gasteiger partial charge on any atom is 0.307 e. The van der Waals surface area contributed by atoms with Crippen LogP contribution in [0.3, 0.4) is 0 Å². The summed E-state index contributed by atoms with van der Waals surface area (Å²) in [7, 11) is 0. The number of carbonyl (C=O) groups is 4. The molecule has 0 saturated carbocycles. The molecule has 4 N–H and O–H groups in total. The molecule has 0 amide bonds. The maximum atomic E-state index is 11.3. The Kier molecular flexibility index (Phi) is 38.6. The molecular weight excluding hydrogens is 656 g/mol. The number of aliphatic carboxylic acids is 4. The quantitative estimate of drug-likeness (QED) is 0.0457. The van der Waals surface area contributed by atoms with Crippen LogP contribution in [-0.4, -0.2) is 44.3 Å². The van der Waals surface area contributed by atoms with Crippen LogP contribution >= 0.6 is 0 Å². The minimum Gasteiger partial charge on any atom is -0.481 e. The molecule has 0 aromatic heterocycles. The van der Waals surface area contributed by atoms with E-state index in [1.807, 2.05) is 20.8 Å². The molecule has 0 saturated heterocycles. The maximum absolute atomic E-state index is 11.3. The molecule has 0 aromatic rings. The zero-order valence-corrected chi connectivity index (χ0v) is 34.2. The first-order chi connectivity index (χ1) is 24.9. The van der Waals surface area contributed by atoms with E-state index in [0.717, 1.165) is 57.8 Å². The van der Waals surface area contributed by atoms with Gasteiger partial charge >= 0.3 is 23.9 Å². The molecule has 0 radical (unpaired) electrons. The van der Waals surface area contributed by atoms with Crippen LogP contribution in [0.15, 0.2) is 0 Å². The Balaban J connectivity index is 0. The summed E-state index contributed by atoms with van der Waals surface area (Å²) in [4.78, 5) is 42.5. The van der Waals surface area contributed by atoms with Crippen molar-refractivity contribution in [1.29, 1.82) is 0 Å². The van der Waals surface area contributed by atoms with Gasteiger partial charge in [0.2, 0.25) is 0 Å². The van der Waals surface area contributed by atoms with Gasteiger partial charge in [0.15, 0.2) is 0 Å². The zero-order chi connectivity index (χ0) is 39.1. The lowest BCUT2D eigenvalue weighted by molar-refractivity contribution is -0.146. The Morgan fingerprint density at radius 1 is 0.327 bits per heavy atom. The zero-order valence-electron chi connectivity index (χ0n) is 34.2. The largest absolute Gasteiger partial charge is 0.481 e. The number of hydrogen-bond donors (Lipinski definition) is 4. The summed E-state index contributed by atoms with van der Waals surface area (Å²) in [5.74, 6) is -2.89. The van der Waals surface area contributed by atoms with Gasteiger partial charge < -0.3 is 20.4 Å². The predicted octanol–water partition coefficient (Wildman–Crippen LogP) is 13.6. The molecule has 308 valence electrons. The van der Waals surface area contributed by atoms with Gasteiger partial charge in [0, 0.05) is 19.3 Å². The van der Waals surface area contributed by atoms with E-state index in [2.05, 4.69) is 0 Å². The highest BCUT2D eigenvalue weighted by atomic mass is 16.4. The van der Waals surface area contributed by atoms with Crippen molar-refractivity contribution in [2.45, 2.75) is 245 Å². The highest BCUT2D eigenvalue weighted by Gasteiger charge is 2.30. The van der Waals surface area contributed by atoms with Gasteiger partial charge in [-0.25, -0.2) is 0 Å². The molecule has 0 spiro atoms. The number of unbranched alkanes of at least 4 members (excludes halogenated alkanes) is 29. The fraction of sp³-hybridized carbons (Fsp3) is 0.909. The Morgan fingerprint density at radius 2 is 0.500 bits per heavy atom. The molecule has 52 heavy (non-hydrogen) atoms. The molecule has 0 bridgehead atoms. The monoisotopic (exact) mass is 741 g/mol. The van der Waals surface area contributed by atoms with Gasteiger partial charge in [0.1, 0.15) is 0 Å². The van der Waals surface area contributed by atoms with Crippen LogP contribution < -0.4 is 0 Å². The number of carboxylic acid groups (broad SMARTS) is 4. The standard InChI is InChI=1S/C24H46O4.C20H38O4/c1-24(2,3)21(23(27)28)19-17-15-13-11-9-7-5-4-6-8-10-12-14-16-18-20-22(25)26;21-19(22)17-15-13-11-9-7-5-3-1-2-4-6-8-10-12-14-16-18-20(23)24/h21H,4-20H2,1-3H3,(H,25,26)(H,27,28);1-18H2,(H,21,22)(H,23,24). The van der Waals surface area contributed by atoms with Crippen LogP contribution in [0.25, 0.3) is 0 Å². The van der Waals surface area contributed by atoms with Crippen LogP contribution in [0.1, 0.15) is 245 Å². The molecule has 0 aromatic carbocycles. The van der Waals surface area contributed by atoms with Gasteiger partial charge in [-0.2, -0.15) is 0 Å². The molecular formula is C44H84O8. The summed E-state index contributed by atoms with van der Waals surface area (Å²) in [6, 6.07) is 0. The lowest BCUT2D eigenvalue weighted by atomic mass is 9.78. The molecule has 0 aliphatic carbocycles. The minimum absolute atomic E-state index is 0.147. The van der Waals surface area contributed by atoms with E-state index in [1.54, 1.807) is 0 Å². The molecule has 8 heteroatoms. The van der Waals surface area contributed by atoms with Gasteiger partial charge in [0.25, 0.3) is 0 Å². The van der Waals surface area contributed by atoms with Crippen LogP contribution in [0, 0.1) is 11.3 Å². The van der Waals surface area contributed by atoms with Crippen molar-refractivity contribution in [2.24, 2.45) is 11.3 Å². The summed E-state index contributed by atoms with van der Waals surface area (Å²) in [5, 5.41) is 35.0. The summed E-state index contributed by atoms with van der Waals surface area (Å²) >= 11 is 0. The average molecular weight is 741 g/mol. The van der Waals surface area contributed by atoms with Gasteiger partial charge in [-0.3, -0.25) is 19.2 Å². The number of hydrogen-bond acceptors (Lipinski definition) is 4. The molecule has 8 nitrogen and oxygen atoms in total. The first kappa shape index (κ1) is 52.0. The second kappa shape index (κ2) is 38.6. The van der Waals surface area contributed by atoms with Crippen LogP contribution in [0.2, 0.25) is 0 Å². The summed E-state index contributed by atoms with van der Waals surface area (Å²) < 4.78 is 0. The first-order valence-corrected chi connectivity index (χ1v) is 21.8. The van der Waals surface area contributed by atoms with E-state index in [4.69, 9.17) is 15.3 Å². The highest BCUT2D eigenvalue weighted by Crippen LogP contribution is 2.30. The molecule has 0 aliphatic rings. The smallest absolute Gasteiger partial charge is 0.307 e. The highest BCUT2D eigenvalue weighted by molar-refractivity contribution is 5.70. The summed E-state index contributed by atoms with van der Waals surface area (Å²) in [6.45, 7) is 6.07. The van der Waals surface area contributed by atoms with E-state index in [1.165, 1.54) is 148 Å². The van der Waals surface area contributed by atoms with Crippen molar-refractivity contribution in [3.05, 3.63) is 0 Å². The molecule has 0 aliphatic heterocycles. The molecule has 0 heterocycles. The van der Waals surface area contributed by atoms with E-state index in [9.17, 15) is 24.3 Å². The van der Waals surface area contributed by atoms with Gasteiger partial charge in [-0.15, -0.1) is 0 Å². The third-order valence-electron chi connectivity index (χ3n) is 10.3. The van der Waals surface area contributed by atoms with E-state index in [0.29, 0.717) is 19.3 Å². The fourth-order valence-corrected chi connectivity index (χ4v) is 6.88. The Morgan fingerprint density at radius 3 is 0.654 bits per heavy atom. The second-order valence-corrected chi connectivity index (χ2v) is 16.4. The summed E-state index contributed by atoms with van der Waals surface area (Å²) in [5.41, 5.74) is -0.147. The number of rotatable bonds is 38. The normalized spacial score (nSPS) is 11.9. The topological polar surface area (TPSA) is 149 Å². The summed E-state index contributed by atoms with van der Waals surface area (Å²) in [6.07, 6.45) is 39.3. The third kappa shape index (κ3) is 44.0. The van der Waals surface area contributed by atoms with Gasteiger partial charge in [-0.05, 0) is 31.1 Å². The second-order valence-electron chi connectivity index (χ2n) is 16.4. The third-order valence-corrected chi connectivity index (χ3v) is 10.3. The van der Waals surface area contributed by atoms with Crippen molar-refractivity contribution >= 4 is 23.9 Å². The van der Waals surface area contributed by atoms with Crippen LogP contribution in [0.5, 0.6) is 0 Å². The van der Waals surface area contributed by atoms with Crippen molar-refractivity contribution in [1.82, 2.24) is 0 Å². The van der Waals surface area contributed by atoms with Crippen molar-refractivity contribution < 1.29 is 39.6 Å². The van der Waals surface area contributed by atoms with Gasteiger partial charge in [0.05, 0.1) is 5.92 Å². The molecule has 0 fully saturated rings. The van der Waals surface area contributed by atoms with Gasteiger partial charge in [-0.1, -0.05) is 201 Å². The Bertz CT molecular complexity index is 805. The van der Waals surface area contributed by atoms with Crippen molar-refractivity contribution in [2.75, 3.05) is 0 Å². The predicted molar refractivity (Wildman–Crippen MR) is 215 cm³/mol. The molecule has 1 unspecified atom stereocenters. The molecule has 0 rings (SSSR count). The van der Waals surface area contributed by atoms with E-state index < -0.39 is 23.9 Å². The lowest BCUT2D eigenvalue weighted by Crippen LogP contribution is -2.28. The fourth-order valence-electron chi connectivity index (χ4n) is 6.88. The molecule has 1 atom stereocenters. The van der Waals surface area contributed by atoms with Crippen molar-refractivity contribution in [3.8, 4) is 0 Å². The van der Waals surface area contributed by atoms with E-state index in [-0.39, 0.29) is 11.3 Å². The van der Waals surface area contributed by atoms with E-state index >= 15 is 0 Å². The van der Waals surface area contributed by atoms with Crippen LogP contribution in [-0.2, 0) is 19.2 Å². The Labute approximate surface area is 319 Å². The lowest BCUT2D eigenvalue weighted by Gasteiger charge is -2.26. The van der Waals surface area contributed by atoms with Crippen LogP contribution in [0.4, 0.5) is 0 Å². The first-order valence-electron chi connectivity index (χ1n) is 21.8.